The van der Waals surface area contributed by atoms with Gasteiger partial charge in [0.1, 0.15) is 0 Å². The van der Waals surface area contributed by atoms with Gasteiger partial charge in [-0.25, -0.2) is 0 Å². The number of carbonyl (C=O) groups is 1. The molecule has 0 fully saturated rings. The Kier molecular flexibility index (Phi) is 3.16. The molecule has 0 unspecified atom stereocenters. The van der Waals surface area contributed by atoms with Crippen molar-refractivity contribution in [2.45, 2.75) is 13.0 Å². The van der Waals surface area contributed by atoms with Crippen LogP contribution in [0.1, 0.15) is 29.1 Å². The highest BCUT2D eigenvalue weighted by Crippen LogP contribution is 2.12. The number of aromatic nitrogens is 3. The lowest BCUT2D eigenvalue weighted by molar-refractivity contribution is 0.0938. The lowest BCUT2D eigenvalue weighted by Crippen LogP contribution is -2.27. The second-order valence-corrected chi connectivity index (χ2v) is 4.55. The highest BCUT2D eigenvalue weighted by molar-refractivity contribution is 5.94. The molecule has 0 aliphatic rings. The van der Waals surface area contributed by atoms with Crippen molar-refractivity contribution in [1.29, 1.82) is 0 Å². The minimum atomic E-state index is -0.222. The number of nitrogens with one attached hydrogen (secondary N) is 1. The maximum atomic E-state index is 12.1. The molecule has 1 N–H and O–H groups in total. The van der Waals surface area contributed by atoms with Crippen LogP contribution < -0.4 is 5.32 Å². The standard InChI is InChI=1S/C15H14N4O/c1-11(16-15(20)12-7-3-2-4-8-12)14-18-17-13-9-5-6-10-19(13)14/h2-11H,1H3,(H,16,20)/t11-/m1/s1. The van der Waals surface area contributed by atoms with Crippen LogP contribution in [-0.4, -0.2) is 20.5 Å². The summed E-state index contributed by atoms with van der Waals surface area (Å²) in [7, 11) is 0. The Morgan fingerprint density at radius 3 is 2.65 bits per heavy atom. The molecule has 1 atom stereocenters. The number of pyridine rings is 1. The van der Waals surface area contributed by atoms with Gasteiger partial charge in [-0.15, -0.1) is 10.2 Å². The number of rotatable bonds is 3. The summed E-state index contributed by atoms with van der Waals surface area (Å²) >= 11 is 0. The molecule has 20 heavy (non-hydrogen) atoms. The molecule has 0 aliphatic carbocycles. The predicted octanol–water partition coefficient (Wildman–Crippen LogP) is 2.22. The molecule has 0 saturated heterocycles. The van der Waals surface area contributed by atoms with Crippen LogP contribution in [0.2, 0.25) is 0 Å². The molecular formula is C15H14N4O. The van der Waals surface area contributed by atoms with Gasteiger partial charge in [-0.05, 0) is 31.2 Å². The summed E-state index contributed by atoms with van der Waals surface area (Å²) in [5.41, 5.74) is 1.40. The van der Waals surface area contributed by atoms with Crippen molar-refractivity contribution >= 4 is 11.6 Å². The third-order valence-corrected chi connectivity index (χ3v) is 3.11. The molecule has 3 rings (SSSR count). The zero-order chi connectivity index (χ0) is 13.9. The quantitative estimate of drug-likeness (QED) is 0.790. The highest BCUT2D eigenvalue weighted by atomic mass is 16.1. The second-order valence-electron chi connectivity index (χ2n) is 4.55. The SMILES string of the molecule is C[C@@H](NC(=O)c1ccccc1)c1nnc2ccccn12. The van der Waals surface area contributed by atoms with Crippen LogP contribution in [0.3, 0.4) is 0 Å². The van der Waals surface area contributed by atoms with Gasteiger partial charge in [0.15, 0.2) is 11.5 Å². The van der Waals surface area contributed by atoms with E-state index >= 15 is 0 Å². The zero-order valence-corrected chi connectivity index (χ0v) is 11.0. The molecule has 2 heterocycles. The first-order valence-electron chi connectivity index (χ1n) is 6.41. The molecule has 0 bridgehead atoms. The van der Waals surface area contributed by atoms with Crippen LogP contribution in [-0.2, 0) is 0 Å². The number of hydrogen-bond donors (Lipinski definition) is 1. The number of benzene rings is 1. The van der Waals surface area contributed by atoms with Crippen LogP contribution in [0, 0.1) is 0 Å². The van der Waals surface area contributed by atoms with Crippen molar-refractivity contribution in [1.82, 2.24) is 19.9 Å². The topological polar surface area (TPSA) is 59.3 Å². The Balaban J connectivity index is 1.83. The normalized spacial score (nSPS) is 12.2. The van der Waals surface area contributed by atoms with E-state index < -0.39 is 0 Å². The maximum Gasteiger partial charge on any atom is 0.251 e. The Hall–Kier alpha value is -2.69. The van der Waals surface area contributed by atoms with Gasteiger partial charge in [0, 0.05) is 11.8 Å². The fraction of sp³-hybridized carbons (Fsp3) is 0.133. The smallest absolute Gasteiger partial charge is 0.251 e. The first kappa shape index (κ1) is 12.3. The molecule has 1 amide bonds. The van der Waals surface area contributed by atoms with E-state index in [0.29, 0.717) is 11.4 Å². The van der Waals surface area contributed by atoms with Crippen LogP contribution >= 0.6 is 0 Å². The number of nitrogens with zero attached hydrogens (tertiary/aromatic N) is 3. The van der Waals surface area contributed by atoms with Crippen LogP contribution in [0.5, 0.6) is 0 Å². The predicted molar refractivity (Wildman–Crippen MR) is 75.3 cm³/mol. The number of amides is 1. The largest absolute Gasteiger partial charge is 0.342 e. The Labute approximate surface area is 116 Å². The van der Waals surface area contributed by atoms with E-state index in [-0.39, 0.29) is 11.9 Å². The molecule has 0 aliphatic heterocycles. The van der Waals surface area contributed by atoms with E-state index in [1.165, 1.54) is 0 Å². The highest BCUT2D eigenvalue weighted by Gasteiger charge is 2.16. The first-order chi connectivity index (χ1) is 9.75. The summed E-state index contributed by atoms with van der Waals surface area (Å²) in [6.45, 7) is 1.89. The van der Waals surface area contributed by atoms with Gasteiger partial charge in [0.05, 0.1) is 6.04 Å². The molecule has 5 nitrogen and oxygen atoms in total. The fourth-order valence-electron chi connectivity index (χ4n) is 2.09. The van der Waals surface area contributed by atoms with E-state index in [0.717, 1.165) is 5.65 Å². The lowest BCUT2D eigenvalue weighted by atomic mass is 10.2. The number of hydrogen-bond acceptors (Lipinski definition) is 3. The number of fused-ring (bicyclic) bond motifs is 1. The third-order valence-electron chi connectivity index (χ3n) is 3.11. The van der Waals surface area contributed by atoms with Crippen LogP contribution in [0.25, 0.3) is 5.65 Å². The third kappa shape index (κ3) is 2.25. The van der Waals surface area contributed by atoms with Crippen molar-refractivity contribution in [2.75, 3.05) is 0 Å². The van der Waals surface area contributed by atoms with E-state index in [1.807, 2.05) is 53.9 Å². The molecule has 0 saturated carbocycles. The van der Waals surface area contributed by atoms with Crippen molar-refractivity contribution in [2.24, 2.45) is 0 Å². The molecule has 3 aromatic rings. The molecular weight excluding hydrogens is 252 g/mol. The van der Waals surface area contributed by atoms with Gasteiger partial charge in [-0.2, -0.15) is 0 Å². The van der Waals surface area contributed by atoms with E-state index in [1.54, 1.807) is 12.1 Å². The van der Waals surface area contributed by atoms with E-state index in [9.17, 15) is 4.79 Å². The Morgan fingerprint density at radius 1 is 1.10 bits per heavy atom. The summed E-state index contributed by atoms with van der Waals surface area (Å²) in [4.78, 5) is 12.1. The van der Waals surface area contributed by atoms with Gasteiger partial charge in [0.2, 0.25) is 0 Å². The summed E-state index contributed by atoms with van der Waals surface area (Å²) in [5, 5.41) is 11.2. The zero-order valence-electron chi connectivity index (χ0n) is 11.0. The van der Waals surface area contributed by atoms with Crippen molar-refractivity contribution in [3.8, 4) is 0 Å². The van der Waals surface area contributed by atoms with Crippen LogP contribution in [0.4, 0.5) is 0 Å². The Morgan fingerprint density at radius 2 is 1.85 bits per heavy atom. The number of carbonyl (C=O) groups excluding carboxylic acids is 1. The first-order valence-corrected chi connectivity index (χ1v) is 6.41. The van der Waals surface area contributed by atoms with Crippen LogP contribution in [0.15, 0.2) is 54.7 Å². The summed E-state index contributed by atoms with van der Waals surface area (Å²) < 4.78 is 1.87. The monoisotopic (exact) mass is 266 g/mol. The van der Waals surface area contributed by atoms with E-state index in [4.69, 9.17) is 0 Å². The average Bonchev–Trinajstić information content (AvgIpc) is 2.92. The molecule has 0 radical (unpaired) electrons. The van der Waals surface area contributed by atoms with E-state index in [2.05, 4.69) is 15.5 Å². The van der Waals surface area contributed by atoms with Crippen molar-refractivity contribution in [3.05, 3.63) is 66.1 Å². The summed E-state index contributed by atoms with van der Waals surface area (Å²) in [5.74, 6) is 0.593. The minimum absolute atomic E-state index is 0.120. The molecule has 0 spiro atoms. The Bertz CT molecular complexity index is 736. The molecule has 1 aromatic carbocycles. The van der Waals surface area contributed by atoms with Gasteiger partial charge in [-0.3, -0.25) is 9.20 Å². The molecule has 5 heteroatoms. The van der Waals surface area contributed by atoms with Gasteiger partial charge in [-0.1, -0.05) is 24.3 Å². The summed E-state index contributed by atoms with van der Waals surface area (Å²) in [6.07, 6.45) is 1.88. The van der Waals surface area contributed by atoms with Crippen molar-refractivity contribution < 1.29 is 4.79 Å². The van der Waals surface area contributed by atoms with Gasteiger partial charge in [0.25, 0.3) is 5.91 Å². The van der Waals surface area contributed by atoms with Crippen molar-refractivity contribution in [3.63, 3.8) is 0 Å². The molecule has 2 aromatic heterocycles. The fourth-order valence-corrected chi connectivity index (χ4v) is 2.09. The minimum Gasteiger partial charge on any atom is -0.342 e. The van der Waals surface area contributed by atoms with Gasteiger partial charge >= 0.3 is 0 Å². The second kappa shape index (κ2) is 5.13. The maximum absolute atomic E-state index is 12.1. The molecule has 100 valence electrons. The lowest BCUT2D eigenvalue weighted by Gasteiger charge is -2.12. The summed E-state index contributed by atoms with van der Waals surface area (Å²) in [6, 6.07) is 14.6. The average molecular weight is 266 g/mol. The van der Waals surface area contributed by atoms with Gasteiger partial charge < -0.3 is 5.32 Å².